The first-order chi connectivity index (χ1) is 10.9. The molecule has 1 aliphatic rings. The van der Waals surface area contributed by atoms with Crippen molar-refractivity contribution in [3.63, 3.8) is 0 Å². The number of para-hydroxylation sites is 2. The SMILES string of the molecule is CC(C)N(CCC(=O)O)C(=O)CN1C(=O)COc2ccccc21. The second kappa shape index (κ2) is 7.13. The van der Waals surface area contributed by atoms with Crippen molar-refractivity contribution < 1.29 is 24.2 Å². The fourth-order valence-electron chi connectivity index (χ4n) is 2.44. The molecule has 0 bridgehead atoms. The van der Waals surface area contributed by atoms with Crippen molar-refractivity contribution in [3.8, 4) is 5.75 Å². The van der Waals surface area contributed by atoms with E-state index < -0.39 is 5.97 Å². The highest BCUT2D eigenvalue weighted by Crippen LogP contribution is 2.31. The molecule has 1 aromatic rings. The number of carboxylic acid groups (broad SMARTS) is 1. The molecule has 1 heterocycles. The van der Waals surface area contributed by atoms with Gasteiger partial charge in [-0.3, -0.25) is 19.3 Å². The van der Waals surface area contributed by atoms with E-state index in [1.807, 2.05) is 13.8 Å². The Kier molecular flexibility index (Phi) is 5.20. The van der Waals surface area contributed by atoms with Gasteiger partial charge in [-0.15, -0.1) is 0 Å². The van der Waals surface area contributed by atoms with E-state index in [2.05, 4.69) is 0 Å². The van der Waals surface area contributed by atoms with Crippen LogP contribution in [0.25, 0.3) is 0 Å². The van der Waals surface area contributed by atoms with Crippen LogP contribution in [0.15, 0.2) is 24.3 Å². The highest BCUT2D eigenvalue weighted by molar-refractivity contribution is 6.02. The van der Waals surface area contributed by atoms with Crippen LogP contribution in [0.5, 0.6) is 5.75 Å². The first-order valence-electron chi connectivity index (χ1n) is 7.43. The molecule has 0 aliphatic carbocycles. The molecule has 124 valence electrons. The molecule has 1 aromatic carbocycles. The van der Waals surface area contributed by atoms with Gasteiger partial charge in [-0.1, -0.05) is 12.1 Å². The zero-order valence-electron chi connectivity index (χ0n) is 13.2. The summed E-state index contributed by atoms with van der Waals surface area (Å²) in [6.45, 7) is 3.51. The summed E-state index contributed by atoms with van der Waals surface area (Å²) in [7, 11) is 0. The van der Waals surface area contributed by atoms with Gasteiger partial charge in [-0.2, -0.15) is 0 Å². The molecule has 2 amide bonds. The molecule has 0 fully saturated rings. The smallest absolute Gasteiger partial charge is 0.305 e. The number of carboxylic acids is 1. The number of ether oxygens (including phenoxy) is 1. The van der Waals surface area contributed by atoms with Gasteiger partial charge in [-0.25, -0.2) is 0 Å². The summed E-state index contributed by atoms with van der Waals surface area (Å²) in [6.07, 6.45) is -0.127. The van der Waals surface area contributed by atoms with E-state index in [4.69, 9.17) is 9.84 Å². The molecular formula is C16H20N2O5. The highest BCUT2D eigenvalue weighted by Gasteiger charge is 2.29. The lowest BCUT2D eigenvalue weighted by Crippen LogP contribution is -2.48. The van der Waals surface area contributed by atoms with Gasteiger partial charge in [0.15, 0.2) is 6.61 Å². The van der Waals surface area contributed by atoms with Gasteiger partial charge in [0.25, 0.3) is 5.91 Å². The molecule has 7 nitrogen and oxygen atoms in total. The summed E-state index contributed by atoms with van der Waals surface area (Å²) in [5.41, 5.74) is 0.555. The largest absolute Gasteiger partial charge is 0.482 e. The average Bonchev–Trinajstić information content (AvgIpc) is 2.49. The van der Waals surface area contributed by atoms with Crippen LogP contribution < -0.4 is 9.64 Å². The van der Waals surface area contributed by atoms with E-state index in [1.165, 1.54) is 9.80 Å². The lowest BCUT2D eigenvalue weighted by atomic mass is 10.2. The van der Waals surface area contributed by atoms with Gasteiger partial charge in [0, 0.05) is 12.6 Å². The van der Waals surface area contributed by atoms with Crippen LogP contribution in [-0.2, 0) is 14.4 Å². The van der Waals surface area contributed by atoms with Crippen LogP contribution in [0.2, 0.25) is 0 Å². The highest BCUT2D eigenvalue weighted by atomic mass is 16.5. The third kappa shape index (κ3) is 4.00. The Labute approximate surface area is 134 Å². The van der Waals surface area contributed by atoms with Gasteiger partial charge in [-0.05, 0) is 26.0 Å². The Morgan fingerprint density at radius 1 is 1.35 bits per heavy atom. The predicted octanol–water partition coefficient (Wildman–Crippen LogP) is 1.12. The summed E-state index contributed by atoms with van der Waals surface area (Å²) >= 11 is 0. The van der Waals surface area contributed by atoms with Crippen molar-refractivity contribution in [1.29, 1.82) is 0 Å². The summed E-state index contributed by atoms with van der Waals surface area (Å²) in [5, 5.41) is 8.80. The van der Waals surface area contributed by atoms with Crippen molar-refractivity contribution in [3.05, 3.63) is 24.3 Å². The third-order valence-electron chi connectivity index (χ3n) is 3.61. The van der Waals surface area contributed by atoms with Crippen molar-refractivity contribution in [1.82, 2.24) is 4.90 Å². The van der Waals surface area contributed by atoms with E-state index in [0.29, 0.717) is 11.4 Å². The molecule has 23 heavy (non-hydrogen) atoms. The minimum absolute atomic E-state index is 0.110. The van der Waals surface area contributed by atoms with E-state index in [-0.39, 0.29) is 44.0 Å². The number of aliphatic carboxylic acids is 1. The number of rotatable bonds is 6. The van der Waals surface area contributed by atoms with E-state index in [9.17, 15) is 14.4 Å². The maximum absolute atomic E-state index is 12.5. The van der Waals surface area contributed by atoms with Gasteiger partial charge in [0.1, 0.15) is 12.3 Å². The first kappa shape index (κ1) is 16.8. The number of nitrogens with zero attached hydrogens (tertiary/aromatic N) is 2. The molecule has 0 saturated heterocycles. The van der Waals surface area contributed by atoms with Crippen molar-refractivity contribution in [2.24, 2.45) is 0 Å². The van der Waals surface area contributed by atoms with Gasteiger partial charge in [0.2, 0.25) is 5.91 Å². The van der Waals surface area contributed by atoms with Crippen LogP contribution in [0.3, 0.4) is 0 Å². The Morgan fingerprint density at radius 3 is 2.70 bits per heavy atom. The number of anilines is 1. The second-order valence-corrected chi connectivity index (χ2v) is 5.56. The molecule has 2 rings (SSSR count). The van der Waals surface area contributed by atoms with E-state index >= 15 is 0 Å². The number of carbonyl (C=O) groups is 3. The van der Waals surface area contributed by atoms with Crippen LogP contribution in [0.1, 0.15) is 20.3 Å². The molecule has 0 aromatic heterocycles. The number of benzene rings is 1. The maximum atomic E-state index is 12.5. The minimum atomic E-state index is -0.962. The molecule has 1 N–H and O–H groups in total. The standard InChI is InChI=1S/C16H20N2O5/c1-11(2)17(8-7-16(21)22)14(19)9-18-12-5-3-4-6-13(12)23-10-15(18)20/h3-6,11H,7-10H2,1-2H3,(H,21,22). The number of hydrogen-bond donors (Lipinski definition) is 1. The molecule has 7 heteroatoms. The molecule has 0 saturated carbocycles. The lowest BCUT2D eigenvalue weighted by molar-refractivity contribution is -0.139. The summed E-state index contributed by atoms with van der Waals surface area (Å²) in [5.74, 6) is -0.983. The molecule has 0 radical (unpaired) electrons. The quantitative estimate of drug-likeness (QED) is 0.849. The van der Waals surface area contributed by atoms with E-state index in [0.717, 1.165) is 0 Å². The Hall–Kier alpha value is -2.57. The number of hydrogen-bond acceptors (Lipinski definition) is 4. The van der Waals surface area contributed by atoms with Crippen LogP contribution in [0, 0.1) is 0 Å². The third-order valence-corrected chi connectivity index (χ3v) is 3.61. The lowest BCUT2D eigenvalue weighted by Gasteiger charge is -2.32. The van der Waals surface area contributed by atoms with Crippen LogP contribution in [-0.4, -0.2) is 53.5 Å². The zero-order valence-corrected chi connectivity index (χ0v) is 13.2. The predicted molar refractivity (Wildman–Crippen MR) is 83.4 cm³/mol. The normalized spacial score (nSPS) is 13.5. The van der Waals surface area contributed by atoms with Gasteiger partial charge in [0.05, 0.1) is 12.1 Å². The first-order valence-corrected chi connectivity index (χ1v) is 7.43. The number of carbonyl (C=O) groups excluding carboxylic acids is 2. The van der Waals surface area contributed by atoms with Gasteiger partial charge >= 0.3 is 5.97 Å². The van der Waals surface area contributed by atoms with Crippen molar-refractivity contribution >= 4 is 23.5 Å². The monoisotopic (exact) mass is 320 g/mol. The molecule has 0 spiro atoms. The molecule has 0 atom stereocenters. The van der Waals surface area contributed by atoms with E-state index in [1.54, 1.807) is 24.3 Å². The summed E-state index contributed by atoms with van der Waals surface area (Å²) in [6, 6.07) is 6.87. The zero-order chi connectivity index (χ0) is 17.0. The Bertz CT molecular complexity index is 614. The van der Waals surface area contributed by atoms with Crippen LogP contribution in [0.4, 0.5) is 5.69 Å². The number of amides is 2. The fourth-order valence-corrected chi connectivity index (χ4v) is 2.44. The topological polar surface area (TPSA) is 87.2 Å². The summed E-state index contributed by atoms with van der Waals surface area (Å²) < 4.78 is 5.34. The molecule has 1 aliphatic heterocycles. The Balaban J connectivity index is 2.14. The Morgan fingerprint density at radius 2 is 2.04 bits per heavy atom. The minimum Gasteiger partial charge on any atom is -0.482 e. The summed E-state index contributed by atoms with van der Waals surface area (Å²) in [4.78, 5) is 38.2. The van der Waals surface area contributed by atoms with Gasteiger partial charge < -0.3 is 14.7 Å². The molecular weight excluding hydrogens is 300 g/mol. The van der Waals surface area contributed by atoms with Crippen LogP contribution >= 0.6 is 0 Å². The van der Waals surface area contributed by atoms with Crippen molar-refractivity contribution in [2.45, 2.75) is 26.3 Å². The second-order valence-electron chi connectivity index (χ2n) is 5.56. The fraction of sp³-hybridized carbons (Fsp3) is 0.438. The number of fused-ring (bicyclic) bond motifs is 1. The van der Waals surface area contributed by atoms with Crippen molar-refractivity contribution in [2.75, 3.05) is 24.6 Å². The average molecular weight is 320 g/mol. The maximum Gasteiger partial charge on any atom is 0.305 e. The molecule has 0 unspecified atom stereocenters.